The van der Waals surface area contributed by atoms with E-state index >= 15 is 0 Å². The van der Waals surface area contributed by atoms with Crippen molar-refractivity contribution in [1.29, 1.82) is 0 Å². The zero-order valence-corrected chi connectivity index (χ0v) is 17.0. The zero-order chi connectivity index (χ0) is 18.8. The van der Waals surface area contributed by atoms with Gasteiger partial charge < -0.3 is 10.6 Å². The molecule has 3 aliphatic rings. The Morgan fingerprint density at radius 1 is 0.846 bits per heavy atom. The largest absolute Gasteiger partial charge is 0.355 e. The highest BCUT2D eigenvalue weighted by molar-refractivity contribution is 5.79. The summed E-state index contributed by atoms with van der Waals surface area (Å²) in [5, 5.41) is 6.61. The van der Waals surface area contributed by atoms with Crippen molar-refractivity contribution in [3.63, 3.8) is 0 Å². The summed E-state index contributed by atoms with van der Waals surface area (Å²) in [4.78, 5) is 25.0. The van der Waals surface area contributed by atoms with Crippen molar-refractivity contribution in [3.05, 3.63) is 0 Å². The molecule has 3 rings (SSSR count). The maximum Gasteiger partial charge on any atom is 0.223 e. The smallest absolute Gasteiger partial charge is 0.223 e. The molecule has 0 radical (unpaired) electrons. The van der Waals surface area contributed by atoms with Gasteiger partial charge in [-0.25, -0.2) is 0 Å². The van der Waals surface area contributed by atoms with Gasteiger partial charge in [0.1, 0.15) is 0 Å². The second-order valence-electron chi connectivity index (χ2n) is 10.4. The van der Waals surface area contributed by atoms with Crippen LogP contribution < -0.4 is 10.6 Å². The van der Waals surface area contributed by atoms with Crippen molar-refractivity contribution >= 4 is 11.8 Å². The monoisotopic (exact) mass is 362 g/mol. The molecule has 3 fully saturated rings. The fraction of sp³-hybridized carbons (Fsp3) is 0.909. The minimum atomic E-state index is 0.0592. The Kier molecular flexibility index (Phi) is 5.98. The Balaban J connectivity index is 1.56. The summed E-state index contributed by atoms with van der Waals surface area (Å²) in [6.45, 7) is 7.63. The molecule has 0 aromatic heterocycles. The van der Waals surface area contributed by atoms with Gasteiger partial charge in [0, 0.05) is 24.4 Å². The van der Waals surface area contributed by atoms with E-state index in [0.717, 1.165) is 51.5 Å². The molecule has 0 aliphatic heterocycles. The Hall–Kier alpha value is -1.06. The molecule has 0 unspecified atom stereocenters. The number of nitrogens with one attached hydrogen (secondary N) is 2. The fourth-order valence-corrected chi connectivity index (χ4v) is 6.01. The summed E-state index contributed by atoms with van der Waals surface area (Å²) < 4.78 is 0. The van der Waals surface area contributed by atoms with Crippen LogP contribution in [0.4, 0.5) is 0 Å². The maximum absolute atomic E-state index is 12.6. The van der Waals surface area contributed by atoms with Crippen molar-refractivity contribution in [1.82, 2.24) is 10.6 Å². The minimum absolute atomic E-state index is 0.0592. The average molecular weight is 363 g/mol. The highest BCUT2D eigenvalue weighted by Crippen LogP contribution is 2.46. The number of amides is 2. The van der Waals surface area contributed by atoms with Gasteiger partial charge in [-0.15, -0.1) is 0 Å². The lowest BCUT2D eigenvalue weighted by atomic mass is 9.62. The molecule has 3 saturated carbocycles. The van der Waals surface area contributed by atoms with E-state index in [1.807, 2.05) is 0 Å². The van der Waals surface area contributed by atoms with Crippen molar-refractivity contribution in [2.24, 2.45) is 22.7 Å². The normalized spacial score (nSPS) is 32.5. The van der Waals surface area contributed by atoms with Gasteiger partial charge in [-0.05, 0) is 55.8 Å². The van der Waals surface area contributed by atoms with Crippen molar-refractivity contribution in [2.45, 2.75) is 97.4 Å². The van der Waals surface area contributed by atoms with Crippen molar-refractivity contribution < 1.29 is 9.59 Å². The standard InChI is InChI=1S/C22H38N2O2/c1-21(2)12-18(24-20(26)17-10-6-7-11-17)13-22(3,14-21)15-23-19(25)16-8-4-5-9-16/h16-18H,4-15H2,1-3H3,(H,23,25)(H,24,26)/t18-,22+/m1/s1. The predicted molar refractivity (Wildman–Crippen MR) is 105 cm³/mol. The molecule has 0 aromatic carbocycles. The van der Waals surface area contributed by atoms with E-state index in [1.54, 1.807) is 0 Å². The molecule has 0 spiro atoms. The second-order valence-corrected chi connectivity index (χ2v) is 10.4. The van der Waals surface area contributed by atoms with Gasteiger partial charge in [0.2, 0.25) is 11.8 Å². The lowest BCUT2D eigenvalue weighted by molar-refractivity contribution is -0.128. The molecule has 2 N–H and O–H groups in total. The molecule has 0 saturated heterocycles. The average Bonchev–Trinajstić information content (AvgIpc) is 3.23. The molecule has 0 heterocycles. The third-order valence-corrected chi connectivity index (χ3v) is 6.93. The van der Waals surface area contributed by atoms with Crippen LogP contribution in [0, 0.1) is 22.7 Å². The second kappa shape index (κ2) is 7.90. The molecule has 26 heavy (non-hydrogen) atoms. The number of carbonyl (C=O) groups is 2. The van der Waals surface area contributed by atoms with E-state index in [1.165, 1.54) is 25.7 Å². The first kappa shape index (κ1) is 19.7. The van der Waals surface area contributed by atoms with Crippen molar-refractivity contribution in [2.75, 3.05) is 6.54 Å². The van der Waals surface area contributed by atoms with E-state index in [4.69, 9.17) is 0 Å². The van der Waals surface area contributed by atoms with Crippen LogP contribution in [-0.2, 0) is 9.59 Å². The summed E-state index contributed by atoms with van der Waals surface area (Å²) in [7, 11) is 0. The van der Waals surface area contributed by atoms with Crippen LogP contribution in [-0.4, -0.2) is 24.4 Å². The number of rotatable bonds is 5. The zero-order valence-electron chi connectivity index (χ0n) is 17.0. The van der Waals surface area contributed by atoms with Gasteiger partial charge in [0.05, 0.1) is 0 Å². The lowest BCUT2D eigenvalue weighted by Crippen LogP contribution is -2.51. The number of hydrogen-bond acceptors (Lipinski definition) is 2. The molecular weight excluding hydrogens is 324 g/mol. The van der Waals surface area contributed by atoms with Crippen LogP contribution in [0.1, 0.15) is 91.4 Å². The molecule has 0 bridgehead atoms. The summed E-state index contributed by atoms with van der Waals surface area (Å²) in [6.07, 6.45) is 12.1. The van der Waals surface area contributed by atoms with Gasteiger partial charge >= 0.3 is 0 Å². The lowest BCUT2D eigenvalue weighted by Gasteiger charge is -2.47. The highest BCUT2D eigenvalue weighted by atomic mass is 16.2. The quantitative estimate of drug-likeness (QED) is 0.770. The minimum Gasteiger partial charge on any atom is -0.355 e. The molecule has 2 amide bonds. The molecule has 2 atom stereocenters. The summed E-state index contributed by atoms with van der Waals surface area (Å²) in [6, 6.07) is 0.236. The first-order chi connectivity index (χ1) is 12.3. The summed E-state index contributed by atoms with van der Waals surface area (Å²) >= 11 is 0. The van der Waals surface area contributed by atoms with Gasteiger partial charge in [-0.1, -0.05) is 46.5 Å². The SMILES string of the molecule is CC1(C)C[C@@H](NC(=O)C2CCCC2)C[C@](C)(CNC(=O)C2CCCC2)C1. The van der Waals surface area contributed by atoms with Crippen LogP contribution >= 0.6 is 0 Å². The Bertz CT molecular complexity index is 518. The molecular formula is C22H38N2O2. The third kappa shape index (κ3) is 5.01. The Morgan fingerprint density at radius 2 is 1.38 bits per heavy atom. The van der Waals surface area contributed by atoms with Gasteiger partial charge in [-0.2, -0.15) is 0 Å². The van der Waals surface area contributed by atoms with E-state index in [0.29, 0.717) is 0 Å². The van der Waals surface area contributed by atoms with Gasteiger partial charge in [0.15, 0.2) is 0 Å². The Labute approximate surface area is 159 Å². The molecule has 4 heteroatoms. The van der Waals surface area contributed by atoms with Gasteiger partial charge in [-0.3, -0.25) is 9.59 Å². The molecule has 0 aromatic rings. The highest BCUT2D eigenvalue weighted by Gasteiger charge is 2.42. The van der Waals surface area contributed by atoms with Crippen LogP contribution in [0.3, 0.4) is 0 Å². The molecule has 3 aliphatic carbocycles. The van der Waals surface area contributed by atoms with Gasteiger partial charge in [0.25, 0.3) is 0 Å². The van der Waals surface area contributed by atoms with Crippen LogP contribution in [0.5, 0.6) is 0 Å². The number of hydrogen-bond donors (Lipinski definition) is 2. The third-order valence-electron chi connectivity index (χ3n) is 6.93. The van der Waals surface area contributed by atoms with E-state index < -0.39 is 0 Å². The predicted octanol–water partition coefficient (Wildman–Crippen LogP) is 4.18. The first-order valence-corrected chi connectivity index (χ1v) is 10.8. The molecule has 148 valence electrons. The van der Waals surface area contributed by atoms with E-state index in [2.05, 4.69) is 31.4 Å². The Morgan fingerprint density at radius 3 is 1.96 bits per heavy atom. The van der Waals surface area contributed by atoms with Crippen LogP contribution in [0.25, 0.3) is 0 Å². The number of carbonyl (C=O) groups excluding carboxylic acids is 2. The maximum atomic E-state index is 12.6. The van der Waals surface area contributed by atoms with Crippen LogP contribution in [0.15, 0.2) is 0 Å². The summed E-state index contributed by atoms with van der Waals surface area (Å²) in [5.41, 5.74) is 0.252. The van der Waals surface area contributed by atoms with E-state index in [-0.39, 0.29) is 40.5 Å². The topological polar surface area (TPSA) is 58.2 Å². The molecule has 4 nitrogen and oxygen atoms in total. The fourth-order valence-electron chi connectivity index (χ4n) is 6.01. The van der Waals surface area contributed by atoms with Crippen LogP contribution in [0.2, 0.25) is 0 Å². The summed E-state index contributed by atoms with van der Waals surface area (Å²) in [5.74, 6) is 0.975. The van der Waals surface area contributed by atoms with E-state index in [9.17, 15) is 9.59 Å². The van der Waals surface area contributed by atoms with Crippen molar-refractivity contribution in [3.8, 4) is 0 Å². The first-order valence-electron chi connectivity index (χ1n) is 10.8.